The topological polar surface area (TPSA) is 77.1 Å². The largest absolute Gasteiger partial charge is 0.497 e. The molecule has 0 spiro atoms. The van der Waals surface area contributed by atoms with Crippen molar-refractivity contribution in [2.75, 3.05) is 26.6 Å². The Hall–Kier alpha value is -2.00. The van der Waals surface area contributed by atoms with Gasteiger partial charge in [0.2, 0.25) is 16.2 Å². The van der Waals surface area contributed by atoms with Crippen molar-refractivity contribution in [3.05, 3.63) is 23.8 Å². The van der Waals surface area contributed by atoms with Gasteiger partial charge in [-0.2, -0.15) is 0 Å². The molecule has 0 heterocycles. The van der Waals surface area contributed by atoms with Crippen molar-refractivity contribution in [3.8, 4) is 11.5 Å². The van der Waals surface area contributed by atoms with E-state index in [0.717, 1.165) is 17.3 Å². The Morgan fingerprint density at radius 3 is 2.34 bits per heavy atom. The molecular weight excluding hydrogens is 448 g/mol. The zero-order valence-electron chi connectivity index (χ0n) is 20.3. The number of benzene rings is 1. The average Bonchev–Trinajstić information content (AvgIpc) is 2.70. The molecule has 1 atom stereocenters. The minimum atomic E-state index is -0.671. The van der Waals surface area contributed by atoms with Gasteiger partial charge < -0.3 is 24.4 Å². The van der Waals surface area contributed by atoms with Crippen molar-refractivity contribution < 1.29 is 23.8 Å². The van der Waals surface area contributed by atoms with Gasteiger partial charge in [-0.05, 0) is 58.0 Å². The molecule has 1 aromatic rings. The highest BCUT2D eigenvalue weighted by Crippen LogP contribution is 2.28. The molecule has 32 heavy (non-hydrogen) atoms. The molecule has 0 fully saturated rings. The second kappa shape index (κ2) is 12.9. The van der Waals surface area contributed by atoms with Gasteiger partial charge in [-0.15, -0.1) is 0 Å². The van der Waals surface area contributed by atoms with Gasteiger partial charge in [0.15, 0.2) is 0 Å². The number of ether oxygens (including phenoxy) is 3. The number of nitrogens with zero attached hydrogens (tertiary/aromatic N) is 1. The van der Waals surface area contributed by atoms with Gasteiger partial charge in [-0.25, -0.2) is 0 Å². The molecule has 0 saturated heterocycles. The van der Waals surface area contributed by atoms with Crippen LogP contribution in [-0.2, 0) is 20.9 Å². The summed E-state index contributed by atoms with van der Waals surface area (Å²) in [5.41, 5.74) is 0.343. The molecule has 1 unspecified atom stereocenters. The van der Waals surface area contributed by atoms with Crippen molar-refractivity contribution in [2.24, 2.45) is 5.92 Å². The maximum Gasteiger partial charge on any atom is 0.243 e. The van der Waals surface area contributed by atoms with Crippen LogP contribution in [0.5, 0.6) is 11.5 Å². The number of methoxy groups -OCH3 is 2. The van der Waals surface area contributed by atoms with Crippen LogP contribution >= 0.6 is 24.0 Å². The minimum absolute atomic E-state index is 0.0727. The van der Waals surface area contributed by atoms with Crippen molar-refractivity contribution in [2.45, 2.75) is 59.7 Å². The van der Waals surface area contributed by atoms with Crippen LogP contribution in [-0.4, -0.2) is 59.3 Å². The zero-order valence-corrected chi connectivity index (χ0v) is 21.9. The lowest BCUT2D eigenvalue weighted by Gasteiger charge is -2.36. The fraction of sp³-hybridized carbons (Fsp3) is 0.609. The van der Waals surface area contributed by atoms with Crippen molar-refractivity contribution in [1.82, 2.24) is 10.2 Å². The van der Waals surface area contributed by atoms with E-state index in [1.807, 2.05) is 47.6 Å². The summed E-state index contributed by atoms with van der Waals surface area (Å²) in [6, 6.07) is 4.74. The lowest BCUT2D eigenvalue weighted by molar-refractivity contribution is -0.141. The predicted octanol–water partition coefficient (Wildman–Crippen LogP) is 4.03. The maximum atomic E-state index is 13.3. The highest BCUT2D eigenvalue weighted by molar-refractivity contribution is 8.23. The highest BCUT2D eigenvalue weighted by Gasteiger charge is 2.34. The van der Waals surface area contributed by atoms with Crippen LogP contribution in [0.2, 0.25) is 0 Å². The van der Waals surface area contributed by atoms with Crippen molar-refractivity contribution >= 4 is 40.2 Å². The fourth-order valence-corrected chi connectivity index (χ4v) is 4.02. The fourth-order valence-electron chi connectivity index (χ4n) is 3.12. The van der Waals surface area contributed by atoms with E-state index in [1.165, 1.54) is 0 Å². The van der Waals surface area contributed by atoms with Crippen molar-refractivity contribution in [3.63, 3.8) is 0 Å². The van der Waals surface area contributed by atoms with Crippen LogP contribution in [0.4, 0.5) is 0 Å². The number of carbonyl (C=O) groups excluding carboxylic acids is 2. The van der Waals surface area contributed by atoms with E-state index in [2.05, 4.69) is 5.32 Å². The number of thioether (sulfide) groups is 1. The Balaban J connectivity index is 3.31. The Morgan fingerprint density at radius 2 is 1.84 bits per heavy atom. The standard InChI is InChI=1S/C23H36N2O5S2/c1-9-30-22(31)32-14-19(26)25(20(15(2)3)21(27)24-23(4,5)6)13-16-10-11-17(28-7)12-18(16)29-8/h10-12,15,20H,9,13-14H2,1-8H3,(H,24,27). The van der Waals surface area contributed by atoms with Crippen LogP contribution in [0.3, 0.4) is 0 Å². The third-order valence-corrected chi connectivity index (χ3v) is 5.68. The number of amides is 2. The van der Waals surface area contributed by atoms with Crippen LogP contribution in [0, 0.1) is 5.92 Å². The SMILES string of the molecule is CCOC(=S)SCC(=O)N(Cc1ccc(OC)cc1OC)C(C(=O)NC(C)(C)C)C(C)C. The molecular formula is C23H36N2O5S2. The van der Waals surface area contributed by atoms with Gasteiger partial charge >= 0.3 is 0 Å². The molecule has 9 heteroatoms. The first-order chi connectivity index (χ1) is 14.9. The summed E-state index contributed by atoms with van der Waals surface area (Å²) in [5, 5.41) is 3.01. The second-order valence-corrected chi connectivity index (χ2v) is 10.2. The van der Waals surface area contributed by atoms with E-state index in [-0.39, 0.29) is 30.0 Å². The molecule has 0 saturated carbocycles. The molecule has 0 aromatic heterocycles. The van der Waals surface area contributed by atoms with E-state index in [1.54, 1.807) is 31.3 Å². The smallest absolute Gasteiger partial charge is 0.243 e. The molecule has 180 valence electrons. The van der Waals surface area contributed by atoms with Crippen LogP contribution in [0.15, 0.2) is 18.2 Å². The van der Waals surface area contributed by atoms with Gasteiger partial charge in [0.25, 0.3) is 0 Å². The van der Waals surface area contributed by atoms with E-state index >= 15 is 0 Å². The average molecular weight is 485 g/mol. The minimum Gasteiger partial charge on any atom is -0.497 e. The molecule has 0 radical (unpaired) electrons. The number of rotatable bonds is 10. The first kappa shape index (κ1) is 28.0. The van der Waals surface area contributed by atoms with Crippen LogP contribution in [0.25, 0.3) is 0 Å². The number of thiocarbonyl (C=S) groups is 1. The Bertz CT molecular complexity index is 793. The number of hydrogen-bond donors (Lipinski definition) is 1. The van der Waals surface area contributed by atoms with Gasteiger partial charge in [0.05, 0.1) is 33.1 Å². The third-order valence-electron chi connectivity index (χ3n) is 4.47. The zero-order chi connectivity index (χ0) is 24.5. The molecule has 7 nitrogen and oxygen atoms in total. The summed E-state index contributed by atoms with van der Waals surface area (Å²) in [6.45, 7) is 12.1. The summed E-state index contributed by atoms with van der Waals surface area (Å²) in [7, 11) is 3.14. The lowest BCUT2D eigenvalue weighted by Crippen LogP contribution is -2.56. The lowest BCUT2D eigenvalue weighted by atomic mass is 9.98. The second-order valence-electron chi connectivity index (χ2n) is 8.60. The Labute approximate surface area is 201 Å². The molecule has 0 aliphatic rings. The van der Waals surface area contributed by atoms with Crippen LogP contribution < -0.4 is 14.8 Å². The molecule has 1 aromatic carbocycles. The number of hydrogen-bond acceptors (Lipinski definition) is 7. The molecule has 2 amide bonds. The molecule has 1 N–H and O–H groups in total. The summed E-state index contributed by atoms with van der Waals surface area (Å²) in [5.74, 6) is 0.770. The molecule has 0 bridgehead atoms. The summed E-state index contributed by atoms with van der Waals surface area (Å²) < 4.78 is 16.4. The van der Waals surface area contributed by atoms with E-state index < -0.39 is 11.6 Å². The van der Waals surface area contributed by atoms with Crippen molar-refractivity contribution in [1.29, 1.82) is 0 Å². The molecule has 1 rings (SSSR count). The van der Waals surface area contributed by atoms with Gasteiger partial charge in [0.1, 0.15) is 17.5 Å². The Morgan fingerprint density at radius 1 is 1.19 bits per heavy atom. The maximum absolute atomic E-state index is 13.3. The van der Waals surface area contributed by atoms with E-state index in [0.29, 0.717) is 22.5 Å². The van der Waals surface area contributed by atoms with E-state index in [9.17, 15) is 9.59 Å². The quantitative estimate of drug-likeness (QED) is 0.503. The van der Waals surface area contributed by atoms with Gasteiger partial charge in [0, 0.05) is 17.2 Å². The molecule has 0 aliphatic heterocycles. The van der Waals surface area contributed by atoms with Gasteiger partial charge in [-0.1, -0.05) is 25.6 Å². The summed E-state index contributed by atoms with van der Waals surface area (Å²) >= 11 is 6.31. The van der Waals surface area contributed by atoms with Crippen LogP contribution in [0.1, 0.15) is 47.1 Å². The highest BCUT2D eigenvalue weighted by atomic mass is 32.2. The first-order valence-corrected chi connectivity index (χ1v) is 11.9. The predicted molar refractivity (Wildman–Crippen MR) is 133 cm³/mol. The molecule has 0 aliphatic carbocycles. The summed E-state index contributed by atoms with van der Waals surface area (Å²) in [6.07, 6.45) is 0. The number of nitrogens with one attached hydrogen (secondary N) is 1. The number of carbonyl (C=O) groups is 2. The first-order valence-electron chi connectivity index (χ1n) is 10.5. The normalized spacial score (nSPS) is 12.2. The monoisotopic (exact) mass is 484 g/mol. The van der Waals surface area contributed by atoms with Gasteiger partial charge in [-0.3, -0.25) is 9.59 Å². The summed E-state index contributed by atoms with van der Waals surface area (Å²) in [4.78, 5) is 28.2. The van der Waals surface area contributed by atoms with E-state index in [4.69, 9.17) is 26.4 Å². The Kier molecular flexibility index (Phi) is 11.3. The third kappa shape index (κ3) is 8.86.